The molecule has 8 heteroatoms. The molecule has 0 aliphatic carbocycles. The molecule has 6 nitrogen and oxygen atoms in total. The van der Waals surface area contributed by atoms with Gasteiger partial charge in [-0.15, -0.1) is 11.3 Å². The second kappa shape index (κ2) is 8.50. The molecule has 0 saturated carbocycles. The lowest BCUT2D eigenvalue weighted by molar-refractivity contribution is 0.0602. The standard InChI is InChI=1S/C20H19ClN2O4S/c1-4-27-17-13-10-12(8-9-16(13)28-18(17)19(24)26-3)22-20(25)23-15-7-5-6-14(21)11(15)2/h5-10H,4H2,1-3H3,(H2,22,23,25). The Morgan fingerprint density at radius 2 is 1.96 bits per heavy atom. The van der Waals surface area contributed by atoms with Gasteiger partial charge in [-0.05, 0) is 49.7 Å². The van der Waals surface area contributed by atoms with Crippen LogP contribution < -0.4 is 15.4 Å². The van der Waals surface area contributed by atoms with Crippen LogP contribution in [0.25, 0.3) is 10.1 Å². The normalized spacial score (nSPS) is 10.6. The highest BCUT2D eigenvalue weighted by Gasteiger charge is 2.21. The van der Waals surface area contributed by atoms with E-state index in [4.69, 9.17) is 21.1 Å². The van der Waals surface area contributed by atoms with Gasteiger partial charge in [-0.3, -0.25) is 0 Å². The Kier molecular flexibility index (Phi) is 6.06. The molecule has 146 valence electrons. The molecule has 2 aromatic carbocycles. The minimum Gasteiger partial charge on any atom is -0.491 e. The third kappa shape index (κ3) is 4.05. The molecule has 3 rings (SSSR count). The number of urea groups is 1. The van der Waals surface area contributed by atoms with E-state index in [0.717, 1.165) is 15.6 Å². The van der Waals surface area contributed by atoms with Crippen molar-refractivity contribution in [1.29, 1.82) is 0 Å². The summed E-state index contributed by atoms with van der Waals surface area (Å²) >= 11 is 7.38. The van der Waals surface area contributed by atoms with Gasteiger partial charge in [0.05, 0.1) is 13.7 Å². The maximum Gasteiger partial charge on any atom is 0.351 e. The second-order valence-electron chi connectivity index (χ2n) is 5.89. The van der Waals surface area contributed by atoms with Crippen LogP contribution in [0.1, 0.15) is 22.2 Å². The molecule has 0 aliphatic heterocycles. The van der Waals surface area contributed by atoms with Crippen LogP contribution >= 0.6 is 22.9 Å². The van der Waals surface area contributed by atoms with E-state index in [0.29, 0.717) is 33.6 Å². The number of anilines is 2. The first kappa shape index (κ1) is 20.0. The lowest BCUT2D eigenvalue weighted by Crippen LogP contribution is -2.19. The fraction of sp³-hybridized carbons (Fsp3) is 0.200. The largest absolute Gasteiger partial charge is 0.491 e. The number of hydrogen-bond donors (Lipinski definition) is 2. The van der Waals surface area contributed by atoms with E-state index in [1.807, 2.05) is 19.9 Å². The zero-order valence-corrected chi connectivity index (χ0v) is 17.2. The molecule has 0 aliphatic rings. The predicted molar refractivity (Wildman–Crippen MR) is 113 cm³/mol. The van der Waals surface area contributed by atoms with Crippen molar-refractivity contribution in [1.82, 2.24) is 0 Å². The molecule has 1 aromatic heterocycles. The molecule has 2 N–H and O–H groups in total. The van der Waals surface area contributed by atoms with Crippen LogP contribution in [0.15, 0.2) is 36.4 Å². The maximum absolute atomic E-state index is 12.4. The summed E-state index contributed by atoms with van der Waals surface area (Å²) in [5, 5.41) is 6.89. The molecule has 0 atom stereocenters. The molecular weight excluding hydrogens is 400 g/mol. The van der Waals surface area contributed by atoms with Gasteiger partial charge in [-0.2, -0.15) is 0 Å². The Balaban J connectivity index is 1.87. The molecule has 28 heavy (non-hydrogen) atoms. The van der Waals surface area contributed by atoms with Crippen molar-refractivity contribution in [2.75, 3.05) is 24.4 Å². The number of rotatable bonds is 5. The number of carbonyl (C=O) groups is 2. The number of halogens is 1. The molecule has 0 radical (unpaired) electrons. The first-order valence-corrected chi connectivity index (χ1v) is 9.74. The summed E-state index contributed by atoms with van der Waals surface area (Å²) in [5.74, 6) is 0.0115. The van der Waals surface area contributed by atoms with Crippen LogP contribution in [0, 0.1) is 6.92 Å². The van der Waals surface area contributed by atoms with Crippen LogP contribution in [-0.2, 0) is 4.74 Å². The Bertz CT molecular complexity index is 1050. The van der Waals surface area contributed by atoms with Gasteiger partial charge in [0.25, 0.3) is 0 Å². The average Bonchev–Trinajstić information content (AvgIpc) is 3.03. The number of esters is 1. The molecule has 1 heterocycles. The summed E-state index contributed by atoms with van der Waals surface area (Å²) in [6.07, 6.45) is 0. The van der Waals surface area contributed by atoms with Crippen LogP contribution in [0.4, 0.5) is 16.2 Å². The SMILES string of the molecule is CCOc1c(C(=O)OC)sc2ccc(NC(=O)Nc3cccc(Cl)c3C)cc12. The number of fused-ring (bicyclic) bond motifs is 1. The lowest BCUT2D eigenvalue weighted by atomic mass is 10.2. The van der Waals surface area contributed by atoms with Crippen molar-refractivity contribution in [3.63, 3.8) is 0 Å². The van der Waals surface area contributed by atoms with Gasteiger partial charge in [0.15, 0.2) is 10.6 Å². The first-order valence-electron chi connectivity index (χ1n) is 8.55. The van der Waals surface area contributed by atoms with Crippen molar-refractivity contribution < 1.29 is 19.1 Å². The quantitative estimate of drug-likeness (QED) is 0.521. The molecule has 0 spiro atoms. The van der Waals surface area contributed by atoms with Crippen LogP contribution in [-0.4, -0.2) is 25.7 Å². The van der Waals surface area contributed by atoms with E-state index >= 15 is 0 Å². The fourth-order valence-corrected chi connectivity index (χ4v) is 3.92. The number of ether oxygens (including phenoxy) is 2. The van der Waals surface area contributed by atoms with Gasteiger partial charge in [0.1, 0.15) is 0 Å². The van der Waals surface area contributed by atoms with Crippen molar-refractivity contribution in [3.8, 4) is 5.75 Å². The second-order valence-corrected chi connectivity index (χ2v) is 7.35. The van der Waals surface area contributed by atoms with Crippen LogP contribution in [0.3, 0.4) is 0 Å². The van der Waals surface area contributed by atoms with Crippen LogP contribution in [0.2, 0.25) is 5.02 Å². The summed E-state index contributed by atoms with van der Waals surface area (Å²) in [7, 11) is 1.33. The van der Waals surface area contributed by atoms with Gasteiger partial charge in [-0.25, -0.2) is 9.59 Å². The number of nitrogens with one attached hydrogen (secondary N) is 2. The third-order valence-electron chi connectivity index (χ3n) is 4.08. The highest BCUT2D eigenvalue weighted by Crippen LogP contribution is 2.39. The van der Waals surface area contributed by atoms with Crippen molar-refractivity contribution in [2.24, 2.45) is 0 Å². The van der Waals surface area contributed by atoms with Gasteiger partial charge in [0, 0.05) is 26.5 Å². The van der Waals surface area contributed by atoms with E-state index in [1.165, 1.54) is 18.4 Å². The summed E-state index contributed by atoms with van der Waals surface area (Å²) in [6, 6.07) is 10.3. The Labute approximate surface area is 171 Å². The molecular formula is C20H19ClN2O4S. The fourth-order valence-electron chi connectivity index (χ4n) is 2.70. The summed E-state index contributed by atoms with van der Waals surface area (Å²) in [4.78, 5) is 24.8. The monoisotopic (exact) mass is 418 g/mol. The zero-order valence-electron chi connectivity index (χ0n) is 15.6. The number of methoxy groups -OCH3 is 1. The summed E-state index contributed by atoms with van der Waals surface area (Å²) < 4.78 is 11.4. The van der Waals surface area contributed by atoms with Gasteiger partial charge >= 0.3 is 12.0 Å². The van der Waals surface area contributed by atoms with E-state index < -0.39 is 12.0 Å². The molecule has 0 fully saturated rings. The minimum atomic E-state index is -0.451. The van der Waals surface area contributed by atoms with Crippen molar-refractivity contribution >= 4 is 56.4 Å². The molecule has 3 aromatic rings. The third-order valence-corrected chi connectivity index (χ3v) is 5.62. The van der Waals surface area contributed by atoms with Gasteiger partial charge in [0.2, 0.25) is 0 Å². The molecule has 0 saturated heterocycles. The van der Waals surface area contributed by atoms with Crippen molar-refractivity contribution in [2.45, 2.75) is 13.8 Å². The maximum atomic E-state index is 12.4. The average molecular weight is 419 g/mol. The highest BCUT2D eigenvalue weighted by molar-refractivity contribution is 7.21. The number of benzene rings is 2. The number of carbonyl (C=O) groups excluding carboxylic acids is 2. The molecule has 0 bridgehead atoms. The number of thiophene rings is 1. The van der Waals surface area contributed by atoms with E-state index in [2.05, 4.69) is 10.6 Å². The van der Waals surface area contributed by atoms with Gasteiger partial charge < -0.3 is 20.1 Å². The topological polar surface area (TPSA) is 76.7 Å². The van der Waals surface area contributed by atoms with Gasteiger partial charge in [-0.1, -0.05) is 17.7 Å². The van der Waals surface area contributed by atoms with E-state index in [9.17, 15) is 9.59 Å². The predicted octanol–water partition coefficient (Wildman–Crippen LogP) is 5.69. The summed E-state index contributed by atoms with van der Waals surface area (Å²) in [6.45, 7) is 4.08. The Hall–Kier alpha value is -2.77. The van der Waals surface area contributed by atoms with Crippen LogP contribution in [0.5, 0.6) is 5.75 Å². The molecule has 2 amide bonds. The van der Waals surface area contributed by atoms with E-state index in [1.54, 1.807) is 30.3 Å². The smallest absolute Gasteiger partial charge is 0.351 e. The number of amides is 2. The number of hydrogen-bond acceptors (Lipinski definition) is 5. The summed E-state index contributed by atoms with van der Waals surface area (Å²) in [5.41, 5.74) is 1.98. The Morgan fingerprint density at radius 3 is 2.68 bits per heavy atom. The van der Waals surface area contributed by atoms with Crippen molar-refractivity contribution in [3.05, 3.63) is 51.9 Å². The molecule has 0 unspecified atom stereocenters. The highest BCUT2D eigenvalue weighted by atomic mass is 35.5. The minimum absolute atomic E-state index is 0.397. The van der Waals surface area contributed by atoms with E-state index in [-0.39, 0.29) is 0 Å². The Morgan fingerprint density at radius 1 is 1.18 bits per heavy atom. The first-order chi connectivity index (χ1) is 13.4. The lowest BCUT2D eigenvalue weighted by Gasteiger charge is -2.11. The zero-order chi connectivity index (χ0) is 20.3.